The molecule has 0 aliphatic heterocycles. The van der Waals surface area contributed by atoms with Crippen molar-refractivity contribution in [2.24, 2.45) is 5.73 Å². The third-order valence-corrected chi connectivity index (χ3v) is 5.79. The lowest BCUT2D eigenvalue weighted by Gasteiger charge is -2.08. The van der Waals surface area contributed by atoms with Gasteiger partial charge in [0.25, 0.3) is 0 Å². The fourth-order valence-corrected chi connectivity index (χ4v) is 3.92. The molecule has 4 N–H and O–H groups in total. The van der Waals surface area contributed by atoms with Crippen LogP contribution in [0, 0.1) is 0 Å². The second kappa shape index (κ2) is 5.78. The SMILES string of the molecule is NCCNS(=O)(=O)c1ccc(S(=O)(=O)NC2CC2)cc1. The molecule has 20 heavy (non-hydrogen) atoms. The molecule has 0 heterocycles. The molecule has 1 aromatic rings. The van der Waals surface area contributed by atoms with E-state index in [0.29, 0.717) is 0 Å². The Morgan fingerprint density at radius 1 is 1.00 bits per heavy atom. The van der Waals surface area contributed by atoms with Crippen molar-refractivity contribution < 1.29 is 16.8 Å². The Morgan fingerprint density at radius 2 is 1.50 bits per heavy atom. The van der Waals surface area contributed by atoms with Crippen LogP contribution in [-0.2, 0) is 20.0 Å². The predicted octanol–water partition coefficient (Wildman–Crippen LogP) is -0.636. The Kier molecular flexibility index (Phi) is 4.45. The van der Waals surface area contributed by atoms with Crippen LogP contribution in [0.25, 0.3) is 0 Å². The topological polar surface area (TPSA) is 118 Å². The van der Waals surface area contributed by atoms with E-state index in [2.05, 4.69) is 9.44 Å². The fraction of sp³-hybridized carbons (Fsp3) is 0.455. The van der Waals surface area contributed by atoms with Gasteiger partial charge in [0, 0.05) is 19.1 Å². The summed E-state index contributed by atoms with van der Waals surface area (Å²) in [4.78, 5) is 0.0681. The van der Waals surface area contributed by atoms with Gasteiger partial charge in [-0.15, -0.1) is 0 Å². The molecule has 1 aromatic carbocycles. The normalized spacial score (nSPS) is 16.2. The molecule has 9 heteroatoms. The molecule has 7 nitrogen and oxygen atoms in total. The van der Waals surface area contributed by atoms with Crippen LogP contribution in [0.3, 0.4) is 0 Å². The van der Waals surface area contributed by atoms with Gasteiger partial charge in [-0.2, -0.15) is 0 Å². The summed E-state index contributed by atoms with van der Waals surface area (Å²) >= 11 is 0. The Bertz CT molecular complexity index is 664. The zero-order valence-electron chi connectivity index (χ0n) is 10.7. The van der Waals surface area contributed by atoms with Gasteiger partial charge in [0.2, 0.25) is 20.0 Å². The van der Waals surface area contributed by atoms with E-state index in [1.807, 2.05) is 0 Å². The molecule has 0 spiro atoms. The number of hydrogen-bond donors (Lipinski definition) is 3. The molecule has 1 aliphatic carbocycles. The number of hydrogen-bond acceptors (Lipinski definition) is 5. The summed E-state index contributed by atoms with van der Waals surface area (Å²) in [7, 11) is -7.20. The number of nitrogens with two attached hydrogens (primary N) is 1. The summed E-state index contributed by atoms with van der Waals surface area (Å²) < 4.78 is 52.3. The summed E-state index contributed by atoms with van der Waals surface area (Å²) in [5, 5.41) is 0. The minimum atomic E-state index is -3.64. The average Bonchev–Trinajstić information content (AvgIpc) is 3.20. The van der Waals surface area contributed by atoms with Crippen LogP contribution in [0.5, 0.6) is 0 Å². The van der Waals surface area contributed by atoms with E-state index >= 15 is 0 Å². The van der Waals surface area contributed by atoms with Crippen molar-refractivity contribution in [3.8, 4) is 0 Å². The smallest absolute Gasteiger partial charge is 0.240 e. The highest BCUT2D eigenvalue weighted by atomic mass is 32.2. The van der Waals surface area contributed by atoms with Crippen molar-refractivity contribution in [3.05, 3.63) is 24.3 Å². The average molecular weight is 319 g/mol. The van der Waals surface area contributed by atoms with E-state index < -0.39 is 20.0 Å². The molecule has 1 fully saturated rings. The van der Waals surface area contributed by atoms with Crippen LogP contribution < -0.4 is 15.2 Å². The third kappa shape index (κ3) is 3.76. The molecule has 0 unspecified atom stereocenters. The van der Waals surface area contributed by atoms with Crippen LogP contribution in [0.2, 0.25) is 0 Å². The van der Waals surface area contributed by atoms with Crippen molar-refractivity contribution in [2.75, 3.05) is 13.1 Å². The van der Waals surface area contributed by atoms with Gasteiger partial charge < -0.3 is 5.73 Å². The molecule has 0 radical (unpaired) electrons. The van der Waals surface area contributed by atoms with E-state index in [4.69, 9.17) is 5.73 Å². The van der Waals surface area contributed by atoms with Gasteiger partial charge in [0.1, 0.15) is 0 Å². The van der Waals surface area contributed by atoms with Gasteiger partial charge in [-0.25, -0.2) is 26.3 Å². The maximum absolute atomic E-state index is 11.9. The summed E-state index contributed by atoms with van der Waals surface area (Å²) in [5.41, 5.74) is 5.23. The van der Waals surface area contributed by atoms with Crippen molar-refractivity contribution in [3.63, 3.8) is 0 Å². The largest absolute Gasteiger partial charge is 0.329 e. The Labute approximate surface area is 118 Å². The standard InChI is InChI=1S/C11H17N3O4S2/c12-7-8-13-19(15,16)10-3-5-11(6-4-10)20(17,18)14-9-1-2-9/h3-6,9,13-14H,1-2,7-8,12H2. The molecular formula is C11H17N3O4S2. The van der Waals surface area contributed by atoms with Crippen LogP contribution >= 0.6 is 0 Å². The second-order valence-electron chi connectivity index (χ2n) is 4.55. The van der Waals surface area contributed by atoms with E-state index in [-0.39, 0.29) is 28.9 Å². The quantitative estimate of drug-likeness (QED) is 0.618. The highest BCUT2D eigenvalue weighted by Gasteiger charge is 2.28. The molecule has 0 amide bonds. The number of nitrogens with one attached hydrogen (secondary N) is 2. The molecule has 0 bridgehead atoms. The Balaban J connectivity index is 2.17. The number of rotatable bonds is 7. The lowest BCUT2D eigenvalue weighted by atomic mass is 10.4. The first kappa shape index (κ1) is 15.4. The van der Waals surface area contributed by atoms with E-state index in [1.165, 1.54) is 24.3 Å². The van der Waals surface area contributed by atoms with Crippen LogP contribution in [-0.4, -0.2) is 36.0 Å². The van der Waals surface area contributed by atoms with Crippen molar-refractivity contribution >= 4 is 20.0 Å². The predicted molar refractivity (Wildman–Crippen MR) is 74.0 cm³/mol. The molecule has 1 saturated carbocycles. The van der Waals surface area contributed by atoms with Crippen molar-refractivity contribution in [1.82, 2.24) is 9.44 Å². The molecule has 0 aromatic heterocycles. The van der Waals surface area contributed by atoms with Crippen molar-refractivity contribution in [1.29, 1.82) is 0 Å². The van der Waals surface area contributed by atoms with Gasteiger partial charge in [-0.3, -0.25) is 0 Å². The van der Waals surface area contributed by atoms with E-state index in [9.17, 15) is 16.8 Å². The number of benzene rings is 1. The molecule has 112 valence electrons. The first-order valence-corrected chi connectivity index (χ1v) is 9.14. The van der Waals surface area contributed by atoms with Gasteiger partial charge in [-0.05, 0) is 37.1 Å². The second-order valence-corrected chi connectivity index (χ2v) is 8.03. The van der Waals surface area contributed by atoms with Crippen LogP contribution in [0.1, 0.15) is 12.8 Å². The first-order chi connectivity index (χ1) is 9.35. The van der Waals surface area contributed by atoms with Gasteiger partial charge in [0.15, 0.2) is 0 Å². The molecule has 0 saturated heterocycles. The first-order valence-electron chi connectivity index (χ1n) is 6.17. The molecule has 2 rings (SSSR count). The summed E-state index contributed by atoms with van der Waals surface area (Å²) in [6, 6.07) is 5.10. The zero-order chi connectivity index (χ0) is 14.8. The Morgan fingerprint density at radius 3 is 1.95 bits per heavy atom. The van der Waals surface area contributed by atoms with Crippen LogP contribution in [0.4, 0.5) is 0 Å². The van der Waals surface area contributed by atoms with Gasteiger partial charge >= 0.3 is 0 Å². The fourth-order valence-electron chi connectivity index (χ4n) is 1.56. The molecule has 0 atom stereocenters. The highest BCUT2D eigenvalue weighted by Crippen LogP contribution is 2.22. The summed E-state index contributed by atoms with van der Waals surface area (Å²) in [5.74, 6) is 0. The summed E-state index contributed by atoms with van der Waals surface area (Å²) in [6.07, 6.45) is 1.68. The summed E-state index contributed by atoms with van der Waals surface area (Å²) in [6.45, 7) is 0.322. The molecule has 1 aliphatic rings. The lowest BCUT2D eigenvalue weighted by Crippen LogP contribution is -2.29. The number of sulfonamides is 2. The van der Waals surface area contributed by atoms with E-state index in [1.54, 1.807) is 0 Å². The van der Waals surface area contributed by atoms with Gasteiger partial charge in [-0.1, -0.05) is 0 Å². The van der Waals surface area contributed by atoms with Gasteiger partial charge in [0.05, 0.1) is 9.79 Å². The molecular weight excluding hydrogens is 302 g/mol. The van der Waals surface area contributed by atoms with Crippen molar-refractivity contribution in [2.45, 2.75) is 28.7 Å². The minimum absolute atomic E-state index is 0.00892. The Hall–Kier alpha value is -1.00. The third-order valence-electron chi connectivity index (χ3n) is 2.78. The van der Waals surface area contributed by atoms with Crippen LogP contribution in [0.15, 0.2) is 34.1 Å². The zero-order valence-corrected chi connectivity index (χ0v) is 12.4. The maximum atomic E-state index is 11.9. The maximum Gasteiger partial charge on any atom is 0.240 e. The minimum Gasteiger partial charge on any atom is -0.329 e. The highest BCUT2D eigenvalue weighted by molar-refractivity contribution is 7.90. The van der Waals surface area contributed by atoms with E-state index in [0.717, 1.165) is 12.8 Å². The monoisotopic (exact) mass is 319 g/mol. The lowest BCUT2D eigenvalue weighted by molar-refractivity contribution is 0.577.